The van der Waals surface area contributed by atoms with Crippen molar-refractivity contribution in [1.29, 1.82) is 0 Å². The summed E-state index contributed by atoms with van der Waals surface area (Å²) in [4.78, 5) is 71.1. The van der Waals surface area contributed by atoms with Crippen LogP contribution in [0.3, 0.4) is 0 Å². The Bertz CT molecular complexity index is 2420. The maximum absolute atomic E-state index is 13.4. The van der Waals surface area contributed by atoms with Gasteiger partial charge in [-0.05, 0) is 131 Å². The number of benzene rings is 2. The Morgan fingerprint density at radius 1 is 0.742 bits per heavy atom. The van der Waals surface area contributed by atoms with Crippen LogP contribution in [0.5, 0.6) is 5.75 Å². The van der Waals surface area contributed by atoms with Crippen molar-refractivity contribution in [3.05, 3.63) is 59.9 Å². The predicted molar refractivity (Wildman–Crippen MR) is 233 cm³/mol. The van der Waals surface area contributed by atoms with E-state index in [0.29, 0.717) is 22.5 Å². The molecule has 0 bridgehead atoms. The smallest absolute Gasteiger partial charge is 0.262 e. The van der Waals surface area contributed by atoms with Crippen LogP contribution >= 0.6 is 0 Å². The van der Waals surface area contributed by atoms with E-state index in [1.54, 1.807) is 12.4 Å². The largest absolute Gasteiger partial charge is 0.488 e. The summed E-state index contributed by atoms with van der Waals surface area (Å²) in [5.74, 6) is 1.41. The van der Waals surface area contributed by atoms with E-state index in [-0.39, 0.29) is 24.3 Å². The van der Waals surface area contributed by atoms with Gasteiger partial charge in [0, 0.05) is 75.9 Å². The normalized spacial score (nSPS) is 24.5. The minimum Gasteiger partial charge on any atom is -0.488 e. The van der Waals surface area contributed by atoms with Crippen molar-refractivity contribution in [1.82, 2.24) is 40.2 Å². The third-order valence-corrected chi connectivity index (χ3v) is 15.2. The van der Waals surface area contributed by atoms with Crippen molar-refractivity contribution >= 4 is 46.0 Å². The molecule has 62 heavy (non-hydrogen) atoms. The van der Waals surface area contributed by atoms with Crippen molar-refractivity contribution in [2.45, 2.75) is 82.8 Å². The molecule has 5 aliphatic heterocycles. The molecule has 1 unspecified atom stereocenters. The van der Waals surface area contributed by atoms with Crippen LogP contribution in [0.15, 0.2) is 48.8 Å². The molecule has 0 radical (unpaired) electrons. The highest BCUT2D eigenvalue weighted by Gasteiger charge is 2.47. The van der Waals surface area contributed by atoms with Crippen LogP contribution in [0.4, 0.5) is 11.5 Å². The average molecular weight is 841 g/mol. The lowest BCUT2D eigenvalue weighted by atomic mass is 9.57. The first-order valence-electron chi connectivity index (χ1n) is 22.9. The summed E-state index contributed by atoms with van der Waals surface area (Å²) in [6.45, 7) is 12.7. The highest BCUT2D eigenvalue weighted by molar-refractivity contribution is 6.23. The molecule has 4 aromatic rings. The highest BCUT2D eigenvalue weighted by Crippen LogP contribution is 2.53. The van der Waals surface area contributed by atoms with Gasteiger partial charge < -0.3 is 19.4 Å². The molecular weight excluding hydrogens is 785 g/mol. The summed E-state index contributed by atoms with van der Waals surface area (Å²) in [5.41, 5.74) is 4.76. The van der Waals surface area contributed by atoms with E-state index >= 15 is 0 Å². The third kappa shape index (κ3) is 7.50. The number of fused-ring (bicyclic) bond motifs is 2. The number of carbonyl (C=O) groups is 4. The van der Waals surface area contributed by atoms with Crippen LogP contribution in [-0.4, -0.2) is 136 Å². The van der Waals surface area contributed by atoms with Gasteiger partial charge in [-0.25, -0.2) is 9.97 Å². The number of piperidine rings is 3. The lowest BCUT2D eigenvalue weighted by Crippen LogP contribution is -2.54. The first kappa shape index (κ1) is 39.4. The molecule has 4 amide bonds. The van der Waals surface area contributed by atoms with Gasteiger partial charge in [-0.3, -0.25) is 39.4 Å². The first-order chi connectivity index (χ1) is 30.1. The average Bonchev–Trinajstić information content (AvgIpc) is 3.75. The molecule has 324 valence electrons. The number of carbonyl (C=O) groups excluding carboxylic acids is 4. The monoisotopic (exact) mass is 840 g/mol. The van der Waals surface area contributed by atoms with Crippen molar-refractivity contribution in [3.63, 3.8) is 0 Å². The number of likely N-dealkylation sites (tertiary alicyclic amines) is 1. The summed E-state index contributed by atoms with van der Waals surface area (Å²) < 4.78 is 6.24. The van der Waals surface area contributed by atoms with Gasteiger partial charge in [0.1, 0.15) is 29.5 Å². The molecule has 6 fully saturated rings. The number of nitrogens with zero attached hydrogens (tertiary/aromatic N) is 8. The van der Waals surface area contributed by atoms with E-state index in [0.717, 1.165) is 122 Å². The Morgan fingerprint density at radius 3 is 2.24 bits per heavy atom. The summed E-state index contributed by atoms with van der Waals surface area (Å²) >= 11 is 0. The van der Waals surface area contributed by atoms with Gasteiger partial charge >= 0.3 is 0 Å². The maximum atomic E-state index is 13.4. The Kier molecular flexibility index (Phi) is 9.82. The molecule has 15 nitrogen and oxygen atoms in total. The number of hydrogen-bond acceptors (Lipinski definition) is 12. The molecule has 15 heteroatoms. The molecule has 4 saturated heterocycles. The fourth-order valence-corrected chi connectivity index (χ4v) is 11.3. The number of rotatable bonds is 10. The van der Waals surface area contributed by atoms with Crippen LogP contribution in [0.1, 0.15) is 91.8 Å². The standard InChI is InChI=1S/C47H56N10O5/c1-46(10-11-46)62-33-3-5-37-36(23-33)42(52-51-37)38-24-40(49-29-48-38)56-20-18-54(19-21-56)28-31-25-47(26-31)12-16-53(17-13-47)27-30-8-14-55(15-9-30)32-2-4-34-35(22-32)45(61)57(44(34)60)39-6-7-41(58)50-43(39)59/h2-5,22-24,29-31,39H,6-21,25-28H2,1H3,(H,51,52)(H,50,58,59). The number of imide groups is 2. The van der Waals surface area contributed by atoms with E-state index in [1.165, 1.54) is 45.3 Å². The predicted octanol–water partition coefficient (Wildman–Crippen LogP) is 4.88. The van der Waals surface area contributed by atoms with E-state index in [2.05, 4.69) is 64.1 Å². The van der Waals surface area contributed by atoms with Crippen molar-refractivity contribution in [3.8, 4) is 17.1 Å². The van der Waals surface area contributed by atoms with Gasteiger partial charge in [0.2, 0.25) is 11.8 Å². The van der Waals surface area contributed by atoms with Gasteiger partial charge in [0.05, 0.1) is 28.0 Å². The minimum absolute atomic E-state index is 0.0385. The molecule has 2 aliphatic carbocycles. The number of aromatic amines is 1. The molecule has 2 aromatic carbocycles. The van der Waals surface area contributed by atoms with Crippen LogP contribution in [-0.2, 0) is 9.59 Å². The molecule has 11 rings (SSSR count). The lowest BCUT2D eigenvalue weighted by molar-refractivity contribution is -0.136. The van der Waals surface area contributed by atoms with E-state index in [1.807, 2.05) is 24.3 Å². The molecule has 7 aliphatic rings. The zero-order valence-corrected chi connectivity index (χ0v) is 35.6. The van der Waals surface area contributed by atoms with E-state index in [4.69, 9.17) is 4.74 Å². The number of aromatic nitrogens is 4. The van der Waals surface area contributed by atoms with Crippen molar-refractivity contribution in [2.24, 2.45) is 17.3 Å². The molecule has 7 heterocycles. The number of ether oxygens (including phenoxy) is 1. The summed E-state index contributed by atoms with van der Waals surface area (Å²) in [7, 11) is 0. The Balaban J connectivity index is 0.611. The fraction of sp³-hybridized carbons (Fsp3) is 0.553. The van der Waals surface area contributed by atoms with E-state index < -0.39 is 23.8 Å². The number of amides is 4. The first-order valence-corrected chi connectivity index (χ1v) is 22.9. The van der Waals surface area contributed by atoms with Gasteiger partial charge in [0.15, 0.2) is 0 Å². The number of anilines is 2. The number of nitrogens with one attached hydrogen (secondary N) is 2. The summed E-state index contributed by atoms with van der Waals surface area (Å²) in [6.07, 6.45) is 11.7. The van der Waals surface area contributed by atoms with Gasteiger partial charge in [-0.15, -0.1) is 0 Å². The zero-order chi connectivity index (χ0) is 42.2. The Morgan fingerprint density at radius 2 is 1.48 bits per heavy atom. The van der Waals surface area contributed by atoms with Gasteiger partial charge in [-0.2, -0.15) is 5.10 Å². The Hall–Kier alpha value is -5.41. The molecule has 2 aromatic heterocycles. The van der Waals surface area contributed by atoms with Crippen LogP contribution in [0.25, 0.3) is 22.3 Å². The lowest BCUT2D eigenvalue weighted by Gasteiger charge is -2.54. The SMILES string of the molecule is CC1(Oc2ccc3n[nH]c(-c4cc(N5CCN(CC6CC7(CCN(CC8CCN(c9ccc%10c(c9)C(=O)N(C9CCC(=O)NC9=O)C%10=O)CC8)CC7)C6)CC5)ncn4)c3c2)CC1. The molecule has 1 spiro atoms. The second kappa shape index (κ2) is 15.4. The minimum atomic E-state index is -0.948. The second-order valence-corrected chi connectivity index (χ2v) is 19.6. The van der Waals surface area contributed by atoms with E-state index in [9.17, 15) is 19.2 Å². The fourth-order valence-electron chi connectivity index (χ4n) is 11.3. The molecule has 2 N–H and O–H groups in total. The maximum Gasteiger partial charge on any atom is 0.262 e. The molecule has 1 atom stereocenters. The summed E-state index contributed by atoms with van der Waals surface area (Å²) in [5, 5.41) is 11.0. The topological polar surface area (TPSA) is 160 Å². The quantitative estimate of drug-likeness (QED) is 0.209. The zero-order valence-electron chi connectivity index (χ0n) is 35.6. The van der Waals surface area contributed by atoms with Crippen molar-refractivity contribution in [2.75, 3.05) is 75.2 Å². The van der Waals surface area contributed by atoms with Gasteiger partial charge in [0.25, 0.3) is 11.8 Å². The second-order valence-electron chi connectivity index (χ2n) is 19.6. The van der Waals surface area contributed by atoms with Crippen LogP contribution in [0, 0.1) is 17.3 Å². The van der Waals surface area contributed by atoms with Crippen LogP contribution in [0.2, 0.25) is 0 Å². The number of hydrogen-bond donors (Lipinski definition) is 2. The van der Waals surface area contributed by atoms with Crippen molar-refractivity contribution < 1.29 is 23.9 Å². The molecular formula is C47H56N10O5. The highest BCUT2D eigenvalue weighted by atomic mass is 16.5. The Labute approximate surface area is 361 Å². The number of H-pyrrole nitrogens is 1. The van der Waals surface area contributed by atoms with Gasteiger partial charge in [-0.1, -0.05) is 0 Å². The summed E-state index contributed by atoms with van der Waals surface area (Å²) in [6, 6.07) is 12.7. The van der Waals surface area contributed by atoms with Crippen LogP contribution < -0.4 is 19.9 Å². The molecule has 2 saturated carbocycles. The third-order valence-electron chi connectivity index (χ3n) is 15.2. The number of piperazine rings is 1.